The average Bonchev–Trinajstić information content (AvgIpc) is 3.83. The van der Waals surface area contributed by atoms with Crippen molar-refractivity contribution in [1.29, 1.82) is 0 Å². The van der Waals surface area contributed by atoms with E-state index in [9.17, 15) is 0 Å². The predicted molar refractivity (Wildman–Crippen MR) is 252 cm³/mol. The molecule has 0 saturated carbocycles. The SMILES string of the molecule is CN1C=CN(c2[c-]c(Oc3[c-]c4c(cc3-c3nc(-c5ccc(C(C)(C)C)cc5)nc(-c5ccc(C(C)(C)C)cc5)n3)c3ccccc3n4-c3cc(C(C)(C)C)ccn3)ccc2)[CH-]1.[Pt]. The van der Waals surface area contributed by atoms with Gasteiger partial charge in [-0.2, -0.15) is 12.7 Å². The Kier molecular flexibility index (Phi) is 11.4. The van der Waals surface area contributed by atoms with E-state index in [-0.39, 0.29) is 37.3 Å². The number of fused-ring (bicyclic) bond motifs is 3. The first-order valence-electron chi connectivity index (χ1n) is 21.2. The maximum atomic E-state index is 6.94. The van der Waals surface area contributed by atoms with Crippen LogP contribution >= 0.6 is 0 Å². The number of hydrogen-bond acceptors (Lipinski definition) is 7. The number of pyridine rings is 1. The molecule has 0 unspecified atom stereocenters. The Labute approximate surface area is 386 Å². The van der Waals surface area contributed by atoms with Crippen LogP contribution in [0.15, 0.2) is 128 Å². The van der Waals surface area contributed by atoms with Gasteiger partial charge >= 0.3 is 0 Å². The summed E-state index contributed by atoms with van der Waals surface area (Å²) in [5, 5.41) is 2.02. The summed E-state index contributed by atoms with van der Waals surface area (Å²) in [5.74, 6) is 3.38. The summed E-state index contributed by atoms with van der Waals surface area (Å²) in [6.07, 6.45) is 5.87. The summed E-state index contributed by atoms with van der Waals surface area (Å²) in [6, 6.07) is 45.0. The molecule has 8 nitrogen and oxygen atoms in total. The first-order chi connectivity index (χ1) is 29.5. The van der Waals surface area contributed by atoms with E-state index in [4.69, 9.17) is 24.7 Å². The topological polar surface area (TPSA) is 72.2 Å². The summed E-state index contributed by atoms with van der Waals surface area (Å²) in [6.45, 7) is 22.0. The summed E-state index contributed by atoms with van der Waals surface area (Å²) >= 11 is 0. The molecule has 3 aromatic heterocycles. The molecular formula is C54H52N7OPt-3. The molecule has 63 heavy (non-hydrogen) atoms. The molecule has 0 amide bonds. The number of benzene rings is 5. The van der Waals surface area contributed by atoms with Gasteiger partial charge in [-0.3, -0.25) is 0 Å². The summed E-state index contributed by atoms with van der Waals surface area (Å²) in [7, 11) is 1.99. The minimum Gasteiger partial charge on any atom is -0.510 e. The number of aromatic nitrogens is 5. The van der Waals surface area contributed by atoms with E-state index in [0.29, 0.717) is 34.5 Å². The maximum absolute atomic E-state index is 6.94. The van der Waals surface area contributed by atoms with Crippen molar-refractivity contribution in [2.75, 3.05) is 11.9 Å². The maximum Gasteiger partial charge on any atom is 0.162 e. The summed E-state index contributed by atoms with van der Waals surface area (Å²) in [4.78, 5) is 24.6. The molecule has 9 rings (SSSR count). The van der Waals surface area contributed by atoms with E-state index in [2.05, 4.69) is 170 Å². The van der Waals surface area contributed by atoms with Gasteiger partial charge in [-0.05, 0) is 81.5 Å². The minimum absolute atomic E-state index is 0. The Morgan fingerprint density at radius 3 is 1.78 bits per heavy atom. The monoisotopic (exact) mass is 1010 g/mol. The smallest absolute Gasteiger partial charge is 0.162 e. The fourth-order valence-corrected chi connectivity index (χ4v) is 7.75. The third-order valence-corrected chi connectivity index (χ3v) is 11.4. The first-order valence-corrected chi connectivity index (χ1v) is 21.2. The van der Waals surface area contributed by atoms with Crippen LogP contribution in [0.2, 0.25) is 0 Å². The third kappa shape index (κ3) is 8.79. The number of rotatable bonds is 7. The Hall–Kier alpha value is -6.11. The number of ether oxygens (including phenoxy) is 1. The van der Waals surface area contributed by atoms with Crippen molar-refractivity contribution in [3.63, 3.8) is 0 Å². The summed E-state index contributed by atoms with van der Waals surface area (Å²) in [5.41, 5.74) is 8.68. The molecular weight excluding hydrogens is 958 g/mol. The Morgan fingerprint density at radius 2 is 1.19 bits per heavy atom. The van der Waals surface area contributed by atoms with Crippen molar-refractivity contribution >= 4 is 27.5 Å². The van der Waals surface area contributed by atoms with Crippen molar-refractivity contribution in [3.05, 3.63) is 163 Å². The molecule has 0 radical (unpaired) electrons. The van der Waals surface area contributed by atoms with Gasteiger partial charge in [0.05, 0.1) is 0 Å². The molecule has 5 aromatic carbocycles. The van der Waals surface area contributed by atoms with Crippen molar-refractivity contribution in [3.8, 4) is 51.5 Å². The van der Waals surface area contributed by atoms with Crippen LogP contribution in [0.1, 0.15) is 79.0 Å². The van der Waals surface area contributed by atoms with Crippen LogP contribution < -0.4 is 9.64 Å². The van der Waals surface area contributed by atoms with Gasteiger partial charge in [0, 0.05) is 55.4 Å². The fourth-order valence-electron chi connectivity index (χ4n) is 7.75. The molecule has 4 heterocycles. The molecule has 0 saturated heterocycles. The predicted octanol–water partition coefficient (Wildman–Crippen LogP) is 13.0. The van der Waals surface area contributed by atoms with E-state index < -0.39 is 0 Å². The van der Waals surface area contributed by atoms with Crippen LogP contribution in [0.3, 0.4) is 0 Å². The van der Waals surface area contributed by atoms with Gasteiger partial charge in [0.1, 0.15) is 11.6 Å². The van der Waals surface area contributed by atoms with E-state index in [1.807, 2.05) is 60.3 Å². The zero-order chi connectivity index (χ0) is 43.6. The molecule has 0 bridgehead atoms. The molecule has 1 aliphatic heterocycles. The van der Waals surface area contributed by atoms with Crippen LogP contribution in [0, 0.1) is 18.8 Å². The third-order valence-electron chi connectivity index (χ3n) is 11.4. The quantitative estimate of drug-likeness (QED) is 0.147. The summed E-state index contributed by atoms with van der Waals surface area (Å²) < 4.78 is 9.11. The van der Waals surface area contributed by atoms with Gasteiger partial charge in [0.15, 0.2) is 11.6 Å². The van der Waals surface area contributed by atoms with Crippen molar-refractivity contribution in [1.82, 2.24) is 29.4 Å². The zero-order valence-corrected chi connectivity index (χ0v) is 39.8. The molecule has 0 fully saturated rings. The first kappa shape index (κ1) is 43.5. The number of para-hydroxylation sites is 1. The van der Waals surface area contributed by atoms with Crippen molar-refractivity contribution in [2.45, 2.75) is 78.6 Å². The fraction of sp³-hybridized carbons (Fsp3) is 0.241. The molecule has 0 aliphatic carbocycles. The van der Waals surface area contributed by atoms with Gasteiger partial charge < -0.3 is 19.1 Å². The van der Waals surface area contributed by atoms with Crippen molar-refractivity contribution < 1.29 is 25.8 Å². The Morgan fingerprint density at radius 1 is 0.587 bits per heavy atom. The van der Waals surface area contributed by atoms with Gasteiger partial charge in [-0.1, -0.05) is 135 Å². The second-order valence-corrected chi connectivity index (χ2v) is 19.2. The normalized spacial score (nSPS) is 13.2. The molecule has 0 atom stereocenters. The Balaban J connectivity index is 0.00000544. The van der Waals surface area contributed by atoms with E-state index in [1.165, 1.54) is 16.7 Å². The average molecular weight is 1010 g/mol. The zero-order valence-electron chi connectivity index (χ0n) is 37.6. The molecule has 0 spiro atoms. The number of anilines is 1. The standard InChI is InChI=1S/C54H52N7O.Pt/c1-52(2,3)37-22-18-35(19-23-37)49-56-50(36-20-24-38(25-21-36)53(4,5)6)58-51(57-49)44-32-43-42-16-11-12-17-45(42)61(48-30-39(26-27-55-48)54(7,8)9)46(43)33-47(44)62-41-15-13-14-40(31-41)60-29-28-59(10)34-60;/h11-30,32,34H,1-10H3;/q-3;. The molecule has 9 heteroatoms. The molecule has 322 valence electrons. The Bertz CT molecular complexity index is 2910. The van der Waals surface area contributed by atoms with E-state index in [0.717, 1.165) is 44.4 Å². The van der Waals surface area contributed by atoms with Gasteiger partial charge in [-0.15, -0.1) is 41.4 Å². The van der Waals surface area contributed by atoms with Crippen LogP contribution in [-0.2, 0) is 37.3 Å². The molecule has 1 aliphatic rings. The van der Waals surface area contributed by atoms with Gasteiger partial charge in [0.2, 0.25) is 0 Å². The van der Waals surface area contributed by atoms with Gasteiger partial charge in [-0.25, -0.2) is 19.9 Å². The van der Waals surface area contributed by atoms with Crippen LogP contribution in [-0.4, -0.2) is 36.5 Å². The second kappa shape index (κ2) is 16.5. The van der Waals surface area contributed by atoms with Gasteiger partial charge in [0.25, 0.3) is 0 Å². The van der Waals surface area contributed by atoms with E-state index in [1.54, 1.807) is 0 Å². The number of nitrogens with zero attached hydrogens (tertiary/aromatic N) is 7. The van der Waals surface area contributed by atoms with Crippen LogP contribution in [0.25, 0.3) is 61.8 Å². The van der Waals surface area contributed by atoms with E-state index >= 15 is 0 Å². The second-order valence-electron chi connectivity index (χ2n) is 19.2. The van der Waals surface area contributed by atoms with Crippen LogP contribution in [0.5, 0.6) is 11.5 Å². The number of hydrogen-bond donors (Lipinski definition) is 0. The van der Waals surface area contributed by atoms with Crippen molar-refractivity contribution in [2.24, 2.45) is 0 Å². The molecule has 0 N–H and O–H groups in total. The van der Waals surface area contributed by atoms with Crippen LogP contribution in [0.4, 0.5) is 5.69 Å². The minimum atomic E-state index is -0.0759. The largest absolute Gasteiger partial charge is 0.510 e. The molecule has 8 aromatic rings.